The van der Waals surface area contributed by atoms with Crippen LogP contribution in [0.15, 0.2) is 42.5 Å². The summed E-state index contributed by atoms with van der Waals surface area (Å²) in [5.41, 5.74) is 2.55. The van der Waals surface area contributed by atoms with Gasteiger partial charge in [0.25, 0.3) is 0 Å². The van der Waals surface area contributed by atoms with Crippen molar-refractivity contribution in [3.63, 3.8) is 0 Å². The van der Waals surface area contributed by atoms with Crippen molar-refractivity contribution >= 4 is 29.4 Å². The normalized spacial score (nSPS) is 11.7. The van der Waals surface area contributed by atoms with Crippen molar-refractivity contribution in [3.8, 4) is 11.5 Å². The molecule has 1 atom stereocenters. The molecule has 0 amide bonds. The topological polar surface area (TPSA) is 93.8 Å². The number of aliphatic carboxylic acids is 1. The number of hydrogen-bond acceptors (Lipinski definition) is 5. The number of carbonyl (C=O) groups is 1. The van der Waals surface area contributed by atoms with Gasteiger partial charge in [0.2, 0.25) is 0 Å². The Morgan fingerprint density at radius 1 is 1.19 bits per heavy atom. The van der Waals surface area contributed by atoms with E-state index in [0.717, 1.165) is 28.2 Å². The first kappa shape index (κ1) is 20.5. The third-order valence-electron chi connectivity index (χ3n) is 4.19. The van der Waals surface area contributed by atoms with Crippen LogP contribution in [0.3, 0.4) is 0 Å². The van der Waals surface area contributed by atoms with Gasteiger partial charge in [0.1, 0.15) is 23.9 Å². The Bertz CT molecular complexity index is 924. The summed E-state index contributed by atoms with van der Waals surface area (Å²) < 4.78 is 13.0. The van der Waals surface area contributed by atoms with Crippen LogP contribution in [0, 0.1) is 0 Å². The number of ether oxygens (including phenoxy) is 2. The quantitative estimate of drug-likeness (QED) is 0.641. The fourth-order valence-electron chi connectivity index (χ4n) is 2.66. The third kappa shape index (κ3) is 4.69. The average Bonchev–Trinajstić information content (AvgIpc) is 2.96. The third-order valence-corrected chi connectivity index (χ3v) is 4.19. The molecule has 1 aromatic heterocycles. The number of aryl methyl sites for hydroxylation is 1. The van der Waals surface area contributed by atoms with Crippen LogP contribution in [-0.4, -0.2) is 38.9 Å². The van der Waals surface area contributed by atoms with Crippen LogP contribution < -0.4 is 9.47 Å². The predicted octanol–water partition coefficient (Wildman–Crippen LogP) is 2.57. The highest BCUT2D eigenvalue weighted by molar-refractivity contribution is 5.85. The SMILES string of the molecule is COc1ccc2nc(COc3ccc(CC(O)C(=O)O)cc3)n(C)c2c1.Cl. The summed E-state index contributed by atoms with van der Waals surface area (Å²) in [6, 6.07) is 12.7. The molecule has 0 radical (unpaired) electrons. The molecular weight excluding hydrogens is 372 g/mol. The number of carboxylic acid groups (broad SMARTS) is 1. The maximum atomic E-state index is 10.7. The number of halogens is 1. The smallest absolute Gasteiger partial charge is 0.332 e. The molecule has 144 valence electrons. The van der Waals surface area contributed by atoms with Crippen molar-refractivity contribution in [1.82, 2.24) is 9.55 Å². The fourth-order valence-corrected chi connectivity index (χ4v) is 2.66. The van der Waals surface area contributed by atoms with Crippen LogP contribution in [0.5, 0.6) is 11.5 Å². The summed E-state index contributed by atoms with van der Waals surface area (Å²) in [6.45, 7) is 0.296. The molecule has 0 aliphatic carbocycles. The van der Waals surface area contributed by atoms with E-state index in [0.29, 0.717) is 12.4 Å². The second kappa shape index (κ2) is 8.75. The molecule has 7 nitrogen and oxygen atoms in total. The van der Waals surface area contributed by atoms with E-state index >= 15 is 0 Å². The van der Waals surface area contributed by atoms with Crippen LogP contribution in [0.2, 0.25) is 0 Å². The molecular formula is C19H21ClN2O5. The van der Waals surface area contributed by atoms with E-state index in [1.165, 1.54) is 0 Å². The fraction of sp³-hybridized carbons (Fsp3) is 0.263. The zero-order valence-electron chi connectivity index (χ0n) is 15.0. The predicted molar refractivity (Wildman–Crippen MR) is 103 cm³/mol. The summed E-state index contributed by atoms with van der Waals surface area (Å²) in [5.74, 6) is 0.956. The summed E-state index contributed by atoms with van der Waals surface area (Å²) >= 11 is 0. The van der Waals surface area contributed by atoms with Gasteiger partial charge >= 0.3 is 5.97 Å². The monoisotopic (exact) mass is 392 g/mol. The second-order valence-electron chi connectivity index (χ2n) is 5.93. The molecule has 27 heavy (non-hydrogen) atoms. The van der Waals surface area contributed by atoms with E-state index in [9.17, 15) is 9.90 Å². The lowest BCUT2D eigenvalue weighted by Gasteiger charge is -2.09. The zero-order valence-corrected chi connectivity index (χ0v) is 15.8. The number of imidazole rings is 1. The number of methoxy groups -OCH3 is 1. The molecule has 1 unspecified atom stereocenters. The van der Waals surface area contributed by atoms with Crippen molar-refractivity contribution in [2.24, 2.45) is 7.05 Å². The largest absolute Gasteiger partial charge is 0.497 e. The molecule has 0 fully saturated rings. The molecule has 0 bridgehead atoms. The van der Waals surface area contributed by atoms with E-state index in [-0.39, 0.29) is 18.8 Å². The maximum absolute atomic E-state index is 10.7. The van der Waals surface area contributed by atoms with E-state index in [1.54, 1.807) is 31.4 Å². The molecule has 0 saturated carbocycles. The highest BCUT2D eigenvalue weighted by Crippen LogP contribution is 2.22. The summed E-state index contributed by atoms with van der Waals surface area (Å²) in [6.07, 6.45) is -1.35. The Kier molecular flexibility index (Phi) is 6.65. The van der Waals surface area contributed by atoms with Gasteiger partial charge in [-0.2, -0.15) is 0 Å². The minimum absolute atomic E-state index is 0. The minimum Gasteiger partial charge on any atom is -0.497 e. The lowest BCUT2D eigenvalue weighted by molar-refractivity contribution is -0.146. The molecule has 0 saturated heterocycles. The molecule has 1 heterocycles. The average molecular weight is 393 g/mol. The summed E-state index contributed by atoms with van der Waals surface area (Å²) in [7, 11) is 3.55. The first-order chi connectivity index (χ1) is 12.5. The van der Waals surface area contributed by atoms with Gasteiger partial charge in [-0.15, -0.1) is 12.4 Å². The van der Waals surface area contributed by atoms with E-state index in [4.69, 9.17) is 14.6 Å². The van der Waals surface area contributed by atoms with Gasteiger partial charge in [-0.05, 0) is 29.8 Å². The molecule has 0 spiro atoms. The van der Waals surface area contributed by atoms with Crippen LogP contribution in [0.1, 0.15) is 11.4 Å². The van der Waals surface area contributed by atoms with Crippen LogP contribution >= 0.6 is 12.4 Å². The van der Waals surface area contributed by atoms with Gasteiger partial charge < -0.3 is 24.3 Å². The molecule has 0 aliphatic rings. The van der Waals surface area contributed by atoms with Crippen molar-refractivity contribution in [2.75, 3.05) is 7.11 Å². The number of hydrogen-bond donors (Lipinski definition) is 2. The van der Waals surface area contributed by atoms with Crippen molar-refractivity contribution < 1.29 is 24.5 Å². The minimum atomic E-state index is -1.40. The van der Waals surface area contributed by atoms with Gasteiger partial charge in [0.05, 0.1) is 18.1 Å². The number of benzene rings is 2. The van der Waals surface area contributed by atoms with Gasteiger partial charge in [0.15, 0.2) is 6.10 Å². The van der Waals surface area contributed by atoms with Crippen molar-refractivity contribution in [3.05, 3.63) is 53.9 Å². The first-order valence-corrected chi connectivity index (χ1v) is 8.10. The standard InChI is InChI=1S/C19H20N2O5.ClH/c1-21-16-10-14(25-2)7-8-15(16)20-18(21)11-26-13-5-3-12(4-6-13)9-17(22)19(23)24;/h3-8,10,17,22H,9,11H2,1-2H3,(H,23,24);1H. The number of rotatable bonds is 7. The lowest BCUT2D eigenvalue weighted by Crippen LogP contribution is -2.21. The van der Waals surface area contributed by atoms with Crippen LogP contribution in [0.4, 0.5) is 0 Å². The van der Waals surface area contributed by atoms with Gasteiger partial charge in [-0.3, -0.25) is 0 Å². The Morgan fingerprint density at radius 2 is 1.85 bits per heavy atom. The number of aromatic nitrogens is 2. The van der Waals surface area contributed by atoms with E-state index in [2.05, 4.69) is 4.98 Å². The van der Waals surface area contributed by atoms with E-state index in [1.807, 2.05) is 29.8 Å². The molecule has 2 N–H and O–H groups in total. The molecule has 3 aromatic rings. The van der Waals surface area contributed by atoms with Gasteiger partial charge in [0, 0.05) is 19.5 Å². The van der Waals surface area contributed by atoms with Crippen molar-refractivity contribution in [1.29, 1.82) is 0 Å². The number of nitrogens with zero attached hydrogens (tertiary/aromatic N) is 2. The van der Waals surface area contributed by atoms with E-state index < -0.39 is 12.1 Å². The van der Waals surface area contributed by atoms with Crippen LogP contribution in [-0.2, 0) is 24.9 Å². The number of aliphatic hydroxyl groups excluding tert-OH is 1. The highest BCUT2D eigenvalue weighted by Gasteiger charge is 2.14. The Balaban J connectivity index is 0.00000261. The molecule has 0 aliphatic heterocycles. The first-order valence-electron chi connectivity index (χ1n) is 8.10. The summed E-state index contributed by atoms with van der Waals surface area (Å²) in [4.78, 5) is 15.2. The zero-order chi connectivity index (χ0) is 18.7. The molecule has 8 heteroatoms. The number of fused-ring (bicyclic) bond motifs is 1. The highest BCUT2D eigenvalue weighted by atomic mass is 35.5. The molecule has 3 rings (SSSR count). The Morgan fingerprint density at radius 3 is 2.48 bits per heavy atom. The Labute approximate surface area is 162 Å². The second-order valence-corrected chi connectivity index (χ2v) is 5.93. The number of aliphatic hydroxyl groups is 1. The van der Waals surface area contributed by atoms with Gasteiger partial charge in [-0.25, -0.2) is 9.78 Å². The summed E-state index contributed by atoms with van der Waals surface area (Å²) in [5, 5.41) is 18.1. The maximum Gasteiger partial charge on any atom is 0.332 e. The Hall–Kier alpha value is -2.77. The lowest BCUT2D eigenvalue weighted by atomic mass is 10.1. The number of carboxylic acids is 1. The van der Waals surface area contributed by atoms with Crippen LogP contribution in [0.25, 0.3) is 11.0 Å². The van der Waals surface area contributed by atoms with Gasteiger partial charge in [-0.1, -0.05) is 12.1 Å². The van der Waals surface area contributed by atoms with Crippen molar-refractivity contribution in [2.45, 2.75) is 19.1 Å². The molecule has 2 aromatic carbocycles.